The van der Waals surface area contributed by atoms with E-state index in [1.165, 1.54) is 30.3 Å². The second kappa shape index (κ2) is 13.3. The number of hydrogen-bond acceptors (Lipinski definition) is 6. The number of aliphatic hydroxyl groups is 2. The van der Waals surface area contributed by atoms with Gasteiger partial charge in [0.25, 0.3) is 0 Å². The predicted octanol–water partition coefficient (Wildman–Crippen LogP) is 3.90. The van der Waals surface area contributed by atoms with E-state index in [2.05, 4.69) is 15.4 Å². The van der Waals surface area contributed by atoms with Gasteiger partial charge in [0.1, 0.15) is 11.5 Å². The zero-order valence-electron chi connectivity index (χ0n) is 20.8. The minimum atomic E-state index is -4.75. The highest BCUT2D eigenvalue weighted by Crippen LogP contribution is 2.23. The van der Waals surface area contributed by atoms with Crippen molar-refractivity contribution in [2.45, 2.75) is 51.4 Å². The summed E-state index contributed by atoms with van der Waals surface area (Å²) < 4.78 is 40.6. The summed E-state index contributed by atoms with van der Waals surface area (Å²) >= 11 is 0. The fourth-order valence-electron chi connectivity index (χ4n) is 3.92. The van der Waals surface area contributed by atoms with Crippen molar-refractivity contribution >= 4 is 5.91 Å². The smallest absolute Gasteiger partial charge is 0.508 e. The van der Waals surface area contributed by atoms with Gasteiger partial charge in [-0.25, -0.2) is 0 Å². The maximum Gasteiger partial charge on any atom is 0.573 e. The van der Waals surface area contributed by atoms with Crippen LogP contribution in [-0.4, -0.2) is 40.2 Å². The van der Waals surface area contributed by atoms with E-state index < -0.39 is 12.5 Å². The SMILES string of the molecule is C[C@H](Cc1cccc(CC(=O)NCc2ccc(OC(F)(F)F)cc2)c1)NC[C@@H](O)c1ccc(O)c(CO)c1. The van der Waals surface area contributed by atoms with E-state index in [1.807, 2.05) is 31.2 Å². The van der Waals surface area contributed by atoms with Crippen molar-refractivity contribution in [3.05, 3.63) is 94.5 Å². The number of halogens is 3. The summed E-state index contributed by atoms with van der Waals surface area (Å²) in [6.45, 7) is 2.11. The van der Waals surface area contributed by atoms with Gasteiger partial charge in [-0.1, -0.05) is 42.5 Å². The number of aliphatic hydroxyl groups excluding tert-OH is 2. The Balaban J connectivity index is 1.45. The number of carbonyl (C=O) groups excluding carboxylic acids is 1. The molecule has 0 heterocycles. The van der Waals surface area contributed by atoms with Gasteiger partial charge in [0.15, 0.2) is 0 Å². The van der Waals surface area contributed by atoms with Crippen molar-refractivity contribution < 1.29 is 38.0 Å². The third-order valence-corrected chi connectivity index (χ3v) is 5.86. The number of hydrogen-bond donors (Lipinski definition) is 5. The fraction of sp³-hybridized carbons (Fsp3) is 0.321. The molecule has 1 amide bonds. The Morgan fingerprint density at radius 1 is 1.00 bits per heavy atom. The average molecular weight is 533 g/mol. The van der Waals surface area contributed by atoms with E-state index in [-0.39, 0.29) is 49.6 Å². The number of benzene rings is 3. The summed E-state index contributed by atoms with van der Waals surface area (Å²) in [5.41, 5.74) is 3.41. The van der Waals surface area contributed by atoms with Crippen LogP contribution in [0, 0.1) is 0 Å². The number of nitrogens with one attached hydrogen (secondary N) is 2. The minimum Gasteiger partial charge on any atom is -0.508 e. The first-order chi connectivity index (χ1) is 18.0. The molecule has 0 fully saturated rings. The Morgan fingerprint density at radius 2 is 1.71 bits per heavy atom. The first kappa shape index (κ1) is 29.0. The molecule has 0 saturated carbocycles. The Bertz CT molecular complexity index is 1200. The van der Waals surface area contributed by atoms with Gasteiger partial charge in [-0.05, 0) is 59.9 Å². The molecule has 10 heteroatoms. The molecule has 0 radical (unpaired) electrons. The molecule has 7 nitrogen and oxygen atoms in total. The molecule has 3 aromatic carbocycles. The molecule has 0 aromatic heterocycles. The highest BCUT2D eigenvalue weighted by atomic mass is 19.4. The molecule has 0 spiro atoms. The van der Waals surface area contributed by atoms with Gasteiger partial charge in [-0.2, -0.15) is 0 Å². The van der Waals surface area contributed by atoms with Crippen molar-refractivity contribution in [3.8, 4) is 11.5 Å². The molecule has 38 heavy (non-hydrogen) atoms. The zero-order chi connectivity index (χ0) is 27.7. The van der Waals surface area contributed by atoms with E-state index in [9.17, 15) is 33.3 Å². The predicted molar refractivity (Wildman–Crippen MR) is 135 cm³/mol. The number of phenols is 1. The Labute approximate surface area is 218 Å². The molecule has 2 atom stereocenters. The lowest BCUT2D eigenvalue weighted by Crippen LogP contribution is -2.32. The maximum atomic E-state index is 12.4. The van der Waals surface area contributed by atoms with E-state index >= 15 is 0 Å². The van der Waals surface area contributed by atoms with Gasteiger partial charge in [0.05, 0.1) is 19.1 Å². The first-order valence-corrected chi connectivity index (χ1v) is 12.1. The largest absolute Gasteiger partial charge is 0.573 e. The van der Waals surface area contributed by atoms with Crippen molar-refractivity contribution in [2.75, 3.05) is 6.54 Å². The van der Waals surface area contributed by atoms with Crippen molar-refractivity contribution in [1.82, 2.24) is 10.6 Å². The molecule has 0 aliphatic carbocycles. The van der Waals surface area contributed by atoms with Gasteiger partial charge in [0.2, 0.25) is 5.91 Å². The third-order valence-electron chi connectivity index (χ3n) is 5.86. The number of aromatic hydroxyl groups is 1. The molecule has 0 aliphatic rings. The number of amides is 1. The standard InChI is InChI=1S/C28H31F3N2O5/c1-18(32-16-26(36)22-7-10-25(35)23(14-22)17-34)11-20-3-2-4-21(12-20)13-27(37)33-15-19-5-8-24(9-6-19)38-28(29,30)31/h2-10,12,14,18,26,32,34-36H,11,13,15-17H2,1H3,(H,33,37)/t18-,26-/m1/s1. The van der Waals surface area contributed by atoms with Gasteiger partial charge in [-0.15, -0.1) is 13.2 Å². The van der Waals surface area contributed by atoms with Crippen molar-refractivity contribution in [1.29, 1.82) is 0 Å². The second-order valence-electron chi connectivity index (χ2n) is 9.04. The summed E-state index contributed by atoms with van der Waals surface area (Å²) in [7, 11) is 0. The topological polar surface area (TPSA) is 111 Å². The van der Waals surface area contributed by atoms with E-state index in [1.54, 1.807) is 12.1 Å². The average Bonchev–Trinajstić information content (AvgIpc) is 2.86. The third kappa shape index (κ3) is 9.37. The van der Waals surface area contributed by atoms with Gasteiger partial charge in [-0.3, -0.25) is 4.79 Å². The van der Waals surface area contributed by atoms with Crippen LogP contribution in [0.5, 0.6) is 11.5 Å². The molecule has 0 unspecified atom stereocenters. The summed E-state index contributed by atoms with van der Waals surface area (Å²) in [4.78, 5) is 12.4. The molecule has 0 bridgehead atoms. The van der Waals surface area contributed by atoms with Crippen LogP contribution in [0.3, 0.4) is 0 Å². The van der Waals surface area contributed by atoms with Crippen LogP contribution in [0.1, 0.15) is 40.8 Å². The fourth-order valence-corrected chi connectivity index (χ4v) is 3.92. The summed E-state index contributed by atoms with van der Waals surface area (Å²) in [6, 6.07) is 17.6. The monoisotopic (exact) mass is 532 g/mol. The van der Waals surface area contributed by atoms with Gasteiger partial charge >= 0.3 is 6.36 Å². The maximum absolute atomic E-state index is 12.4. The number of ether oxygens (including phenoxy) is 1. The minimum absolute atomic E-state index is 0.0208. The number of alkyl halides is 3. The van der Waals surface area contributed by atoms with Crippen LogP contribution in [0.25, 0.3) is 0 Å². The molecule has 3 rings (SSSR count). The molecule has 0 aliphatic heterocycles. The van der Waals surface area contributed by atoms with Crippen molar-refractivity contribution in [3.63, 3.8) is 0 Å². The molecule has 3 aromatic rings. The zero-order valence-corrected chi connectivity index (χ0v) is 20.8. The molecule has 5 N–H and O–H groups in total. The highest BCUT2D eigenvalue weighted by molar-refractivity contribution is 5.78. The van der Waals surface area contributed by atoms with E-state index in [0.717, 1.165) is 11.1 Å². The van der Waals surface area contributed by atoms with E-state index in [4.69, 9.17) is 0 Å². The van der Waals surface area contributed by atoms with Crippen LogP contribution < -0.4 is 15.4 Å². The Hall–Kier alpha value is -3.60. The highest BCUT2D eigenvalue weighted by Gasteiger charge is 2.30. The lowest BCUT2D eigenvalue weighted by molar-refractivity contribution is -0.274. The molecular weight excluding hydrogens is 501 g/mol. The van der Waals surface area contributed by atoms with Gasteiger partial charge < -0.3 is 30.7 Å². The first-order valence-electron chi connectivity index (χ1n) is 12.1. The lowest BCUT2D eigenvalue weighted by Gasteiger charge is -2.18. The quantitative estimate of drug-likeness (QED) is 0.242. The summed E-state index contributed by atoms with van der Waals surface area (Å²) in [6.07, 6.45) is -4.76. The van der Waals surface area contributed by atoms with Gasteiger partial charge in [0, 0.05) is 24.7 Å². The van der Waals surface area contributed by atoms with Crippen LogP contribution >= 0.6 is 0 Å². The number of rotatable bonds is 12. The molecule has 0 saturated heterocycles. The Kier molecular flexibility index (Phi) is 10.1. The summed E-state index contributed by atoms with van der Waals surface area (Å²) in [5, 5.41) is 35.5. The van der Waals surface area contributed by atoms with Crippen LogP contribution in [-0.2, 0) is 30.8 Å². The number of carbonyl (C=O) groups is 1. The Morgan fingerprint density at radius 3 is 2.39 bits per heavy atom. The lowest BCUT2D eigenvalue weighted by atomic mass is 10.0. The summed E-state index contributed by atoms with van der Waals surface area (Å²) in [5.74, 6) is -0.561. The molecule has 204 valence electrons. The van der Waals surface area contributed by atoms with Crippen LogP contribution in [0.2, 0.25) is 0 Å². The van der Waals surface area contributed by atoms with Crippen LogP contribution in [0.4, 0.5) is 13.2 Å². The second-order valence-corrected chi connectivity index (χ2v) is 9.04. The molecular formula is C28H31F3N2O5. The van der Waals surface area contributed by atoms with Crippen LogP contribution in [0.15, 0.2) is 66.7 Å². The normalized spacial score (nSPS) is 13.1. The van der Waals surface area contributed by atoms with Crippen molar-refractivity contribution in [2.24, 2.45) is 0 Å². The van der Waals surface area contributed by atoms with E-state index in [0.29, 0.717) is 23.1 Å².